The maximum absolute atomic E-state index is 6.12. The fourth-order valence-electron chi connectivity index (χ4n) is 2.18. The Morgan fingerprint density at radius 2 is 1.74 bits per heavy atom. The van der Waals surface area contributed by atoms with Crippen LogP contribution in [-0.4, -0.2) is 14.5 Å². The molecule has 0 saturated heterocycles. The van der Waals surface area contributed by atoms with Gasteiger partial charge in [-0.3, -0.25) is 4.57 Å². The first-order valence-corrected chi connectivity index (χ1v) is 6.23. The second kappa shape index (κ2) is 4.09. The first-order valence-electron chi connectivity index (χ1n) is 6.23. The first-order chi connectivity index (χ1) is 9.08. The summed E-state index contributed by atoms with van der Waals surface area (Å²) >= 11 is 0. The number of benzene rings is 1. The van der Waals surface area contributed by atoms with Gasteiger partial charge < -0.3 is 5.73 Å². The van der Waals surface area contributed by atoms with Crippen LogP contribution in [0.3, 0.4) is 0 Å². The van der Waals surface area contributed by atoms with Crippen LogP contribution in [0.4, 0.5) is 5.69 Å². The van der Waals surface area contributed by atoms with Crippen LogP contribution in [0.25, 0.3) is 16.9 Å². The van der Waals surface area contributed by atoms with E-state index < -0.39 is 0 Å². The van der Waals surface area contributed by atoms with Crippen molar-refractivity contribution in [3.05, 3.63) is 47.4 Å². The molecule has 0 saturated carbocycles. The number of nitrogens with zero attached hydrogens (tertiary/aromatic N) is 3. The van der Waals surface area contributed by atoms with Crippen LogP contribution in [0, 0.1) is 20.8 Å². The number of anilines is 1. The Bertz CT molecular complexity index is 771. The molecule has 0 radical (unpaired) electrons. The van der Waals surface area contributed by atoms with E-state index in [9.17, 15) is 0 Å². The summed E-state index contributed by atoms with van der Waals surface area (Å²) in [6.45, 7) is 6.17. The Hall–Kier alpha value is -2.36. The van der Waals surface area contributed by atoms with Gasteiger partial charge in [0, 0.05) is 6.20 Å². The zero-order valence-electron chi connectivity index (χ0n) is 11.3. The third-order valence-electron chi connectivity index (χ3n) is 3.58. The number of pyridine rings is 1. The molecular formula is C15H16N4. The molecule has 0 atom stereocenters. The molecule has 3 rings (SSSR count). The SMILES string of the molecule is Cc1cc2ncn(-c3nccc(C)c3N)c2cc1C. The standard InChI is InChI=1S/C15H16N4/c1-9-4-5-17-15(14(9)16)19-8-18-12-6-10(2)11(3)7-13(12)19/h4-8H,16H2,1-3H3. The van der Waals surface area contributed by atoms with Crippen molar-refractivity contribution in [2.24, 2.45) is 0 Å². The van der Waals surface area contributed by atoms with E-state index in [0.29, 0.717) is 5.69 Å². The number of hydrogen-bond donors (Lipinski definition) is 1. The van der Waals surface area contributed by atoms with E-state index in [1.165, 1.54) is 11.1 Å². The van der Waals surface area contributed by atoms with Gasteiger partial charge in [0.25, 0.3) is 0 Å². The van der Waals surface area contributed by atoms with Gasteiger partial charge in [0.1, 0.15) is 6.33 Å². The summed E-state index contributed by atoms with van der Waals surface area (Å²) in [5.41, 5.74) is 12.3. The molecule has 0 fully saturated rings. The Kier molecular flexibility index (Phi) is 2.52. The van der Waals surface area contributed by atoms with Gasteiger partial charge in [-0.25, -0.2) is 9.97 Å². The molecule has 4 heteroatoms. The van der Waals surface area contributed by atoms with Gasteiger partial charge in [0.15, 0.2) is 5.82 Å². The van der Waals surface area contributed by atoms with E-state index in [4.69, 9.17) is 5.73 Å². The molecule has 4 nitrogen and oxygen atoms in total. The van der Waals surface area contributed by atoms with Crippen molar-refractivity contribution in [3.63, 3.8) is 0 Å². The highest BCUT2D eigenvalue weighted by Crippen LogP contribution is 2.24. The van der Waals surface area contributed by atoms with Crippen LogP contribution in [0.2, 0.25) is 0 Å². The number of imidazole rings is 1. The Labute approximate surface area is 111 Å². The van der Waals surface area contributed by atoms with Crippen LogP contribution in [0.5, 0.6) is 0 Å². The summed E-state index contributed by atoms with van der Waals surface area (Å²) in [5.74, 6) is 0.741. The molecule has 0 unspecified atom stereocenters. The fraction of sp³-hybridized carbons (Fsp3) is 0.200. The molecule has 19 heavy (non-hydrogen) atoms. The van der Waals surface area contributed by atoms with Crippen molar-refractivity contribution in [2.75, 3.05) is 5.73 Å². The van der Waals surface area contributed by atoms with Crippen molar-refractivity contribution >= 4 is 16.7 Å². The lowest BCUT2D eigenvalue weighted by molar-refractivity contribution is 1.02. The van der Waals surface area contributed by atoms with Gasteiger partial charge in [0.05, 0.1) is 16.7 Å². The van der Waals surface area contributed by atoms with Crippen LogP contribution < -0.4 is 5.73 Å². The lowest BCUT2D eigenvalue weighted by atomic mass is 10.1. The van der Waals surface area contributed by atoms with Crippen LogP contribution in [0.1, 0.15) is 16.7 Å². The Balaban J connectivity index is 2.31. The van der Waals surface area contributed by atoms with Crippen molar-refractivity contribution in [1.82, 2.24) is 14.5 Å². The maximum atomic E-state index is 6.12. The van der Waals surface area contributed by atoms with Gasteiger partial charge >= 0.3 is 0 Å². The summed E-state index contributed by atoms with van der Waals surface area (Å²) in [7, 11) is 0. The molecule has 3 aromatic rings. The van der Waals surface area contributed by atoms with Crippen LogP contribution in [-0.2, 0) is 0 Å². The smallest absolute Gasteiger partial charge is 0.161 e. The van der Waals surface area contributed by atoms with E-state index in [1.54, 1.807) is 12.5 Å². The van der Waals surface area contributed by atoms with E-state index in [2.05, 4.69) is 35.9 Å². The van der Waals surface area contributed by atoms with Crippen LogP contribution >= 0.6 is 0 Å². The average molecular weight is 252 g/mol. The van der Waals surface area contributed by atoms with Gasteiger partial charge in [-0.05, 0) is 55.7 Å². The van der Waals surface area contributed by atoms with E-state index in [-0.39, 0.29) is 0 Å². The molecule has 2 aromatic heterocycles. The summed E-state index contributed by atoms with van der Waals surface area (Å²) < 4.78 is 1.95. The second-order valence-electron chi connectivity index (χ2n) is 4.90. The van der Waals surface area contributed by atoms with E-state index in [0.717, 1.165) is 22.4 Å². The van der Waals surface area contributed by atoms with E-state index in [1.807, 2.05) is 17.6 Å². The van der Waals surface area contributed by atoms with Crippen molar-refractivity contribution in [1.29, 1.82) is 0 Å². The molecule has 0 amide bonds. The highest BCUT2D eigenvalue weighted by atomic mass is 15.1. The molecule has 0 aliphatic rings. The minimum Gasteiger partial charge on any atom is -0.395 e. The third-order valence-corrected chi connectivity index (χ3v) is 3.58. The number of nitrogens with two attached hydrogens (primary N) is 1. The Morgan fingerprint density at radius 3 is 2.53 bits per heavy atom. The first kappa shape index (κ1) is 11.7. The normalized spacial score (nSPS) is 11.1. The molecule has 2 N–H and O–H groups in total. The van der Waals surface area contributed by atoms with Gasteiger partial charge in [-0.1, -0.05) is 0 Å². The van der Waals surface area contributed by atoms with Gasteiger partial charge in [0.2, 0.25) is 0 Å². The molecule has 0 spiro atoms. The highest BCUT2D eigenvalue weighted by Gasteiger charge is 2.11. The average Bonchev–Trinajstić information content (AvgIpc) is 2.76. The highest BCUT2D eigenvalue weighted by molar-refractivity contribution is 5.80. The predicted octanol–water partition coefficient (Wildman–Crippen LogP) is 2.93. The number of fused-ring (bicyclic) bond motifs is 1. The quantitative estimate of drug-likeness (QED) is 0.724. The number of hydrogen-bond acceptors (Lipinski definition) is 3. The molecule has 0 bridgehead atoms. The van der Waals surface area contributed by atoms with Gasteiger partial charge in [-0.15, -0.1) is 0 Å². The fourth-order valence-corrected chi connectivity index (χ4v) is 2.18. The molecule has 0 aliphatic carbocycles. The molecular weight excluding hydrogens is 236 g/mol. The van der Waals surface area contributed by atoms with E-state index >= 15 is 0 Å². The van der Waals surface area contributed by atoms with Crippen molar-refractivity contribution in [3.8, 4) is 5.82 Å². The summed E-state index contributed by atoms with van der Waals surface area (Å²) in [5, 5.41) is 0. The third kappa shape index (κ3) is 1.76. The number of rotatable bonds is 1. The number of nitrogen functional groups attached to an aromatic ring is 1. The molecule has 2 heterocycles. The lowest BCUT2D eigenvalue weighted by Gasteiger charge is -2.09. The summed E-state index contributed by atoms with van der Waals surface area (Å²) in [6.07, 6.45) is 3.55. The van der Waals surface area contributed by atoms with Crippen LogP contribution in [0.15, 0.2) is 30.7 Å². The van der Waals surface area contributed by atoms with Crippen molar-refractivity contribution in [2.45, 2.75) is 20.8 Å². The summed E-state index contributed by atoms with van der Waals surface area (Å²) in [6, 6.07) is 6.13. The Morgan fingerprint density at radius 1 is 1.00 bits per heavy atom. The largest absolute Gasteiger partial charge is 0.395 e. The number of aromatic nitrogens is 3. The lowest BCUT2D eigenvalue weighted by Crippen LogP contribution is -2.03. The van der Waals surface area contributed by atoms with Gasteiger partial charge in [-0.2, -0.15) is 0 Å². The second-order valence-corrected chi connectivity index (χ2v) is 4.90. The number of aryl methyl sites for hydroxylation is 3. The van der Waals surface area contributed by atoms with Crippen molar-refractivity contribution < 1.29 is 0 Å². The molecule has 96 valence electrons. The zero-order valence-corrected chi connectivity index (χ0v) is 11.3. The topological polar surface area (TPSA) is 56.7 Å². The molecule has 1 aromatic carbocycles. The monoisotopic (exact) mass is 252 g/mol. The predicted molar refractivity (Wildman–Crippen MR) is 77.5 cm³/mol. The minimum absolute atomic E-state index is 0.694. The minimum atomic E-state index is 0.694. The molecule has 0 aliphatic heterocycles. The maximum Gasteiger partial charge on any atom is 0.161 e. The summed E-state index contributed by atoms with van der Waals surface area (Å²) in [4.78, 5) is 8.82. The zero-order chi connectivity index (χ0) is 13.6.